The molecule has 65 heavy (non-hydrogen) atoms. The number of aromatic nitrogens is 4. The third kappa shape index (κ3) is 5.35. The predicted molar refractivity (Wildman–Crippen MR) is 273 cm³/mol. The van der Waals surface area contributed by atoms with Crippen LogP contribution in [0.4, 0.5) is 0 Å². The van der Waals surface area contributed by atoms with E-state index in [0.29, 0.717) is 0 Å². The van der Waals surface area contributed by atoms with Gasteiger partial charge in [0.05, 0.1) is 44.3 Å². The lowest BCUT2D eigenvalue weighted by atomic mass is 9.95. The van der Waals surface area contributed by atoms with Crippen molar-refractivity contribution in [2.75, 3.05) is 0 Å². The highest BCUT2D eigenvalue weighted by atomic mass is 15.0. The van der Waals surface area contributed by atoms with Gasteiger partial charge in [-0.3, -0.25) is 0 Å². The highest BCUT2D eigenvalue weighted by Crippen LogP contribution is 2.42. The second kappa shape index (κ2) is 13.9. The van der Waals surface area contributed by atoms with Crippen LogP contribution in [0.1, 0.15) is 0 Å². The predicted octanol–water partition coefficient (Wildman–Crippen LogP) is 16.0. The fourth-order valence-electron chi connectivity index (χ4n) is 10.8. The molecule has 0 aliphatic rings. The highest BCUT2D eigenvalue weighted by molar-refractivity contribution is 6.20. The van der Waals surface area contributed by atoms with E-state index in [4.69, 9.17) is 4.98 Å². The first-order chi connectivity index (χ1) is 32.2. The Morgan fingerprint density at radius 2 is 0.677 bits per heavy atom. The fourth-order valence-corrected chi connectivity index (χ4v) is 10.8. The van der Waals surface area contributed by atoms with E-state index in [9.17, 15) is 0 Å². The number of benzene rings is 10. The van der Waals surface area contributed by atoms with E-state index < -0.39 is 0 Å². The summed E-state index contributed by atoms with van der Waals surface area (Å²) >= 11 is 0. The molecule has 0 unspecified atom stereocenters. The quantitative estimate of drug-likeness (QED) is 0.159. The van der Waals surface area contributed by atoms with Gasteiger partial charge in [0.1, 0.15) is 0 Å². The third-order valence-electron chi connectivity index (χ3n) is 13.6. The van der Waals surface area contributed by atoms with E-state index in [-0.39, 0.29) is 0 Å². The Hall–Kier alpha value is -8.73. The SMILES string of the molecule is c1ccc(-n2c3ccccc3c3cc4c(-c5cccc(-c6cc(-n7c8ccccc8c8ccccc87)cc(-n7c8ccccc8c8ccccc87)c6)c5)nc5ccccc5c4cc32)cc1. The van der Waals surface area contributed by atoms with Gasteiger partial charge in [-0.2, -0.15) is 0 Å². The minimum Gasteiger partial charge on any atom is -0.309 e. The first-order valence-corrected chi connectivity index (χ1v) is 22.3. The van der Waals surface area contributed by atoms with E-state index in [1.54, 1.807) is 0 Å². The van der Waals surface area contributed by atoms with Crippen molar-refractivity contribution in [2.45, 2.75) is 0 Å². The van der Waals surface area contributed by atoms with Crippen LogP contribution in [0.15, 0.2) is 231 Å². The maximum absolute atomic E-state index is 5.50. The van der Waals surface area contributed by atoms with Gasteiger partial charge in [0, 0.05) is 65.7 Å². The summed E-state index contributed by atoms with van der Waals surface area (Å²) in [5, 5.41) is 10.9. The van der Waals surface area contributed by atoms with E-state index in [1.165, 1.54) is 70.8 Å². The Kier molecular flexibility index (Phi) is 7.65. The van der Waals surface area contributed by atoms with Crippen molar-refractivity contribution in [2.24, 2.45) is 0 Å². The molecule has 0 atom stereocenters. The molecule has 0 saturated heterocycles. The maximum Gasteiger partial charge on any atom is 0.0788 e. The minimum atomic E-state index is 0.972. The molecule has 302 valence electrons. The lowest BCUT2D eigenvalue weighted by molar-refractivity contribution is 1.13. The topological polar surface area (TPSA) is 27.7 Å². The van der Waals surface area contributed by atoms with Crippen molar-refractivity contribution in [1.29, 1.82) is 0 Å². The summed E-state index contributed by atoms with van der Waals surface area (Å²) in [7, 11) is 0. The highest BCUT2D eigenvalue weighted by Gasteiger charge is 2.20. The lowest BCUT2D eigenvalue weighted by Crippen LogP contribution is -2.00. The zero-order valence-electron chi connectivity index (χ0n) is 35.2. The van der Waals surface area contributed by atoms with E-state index in [0.717, 1.165) is 55.7 Å². The van der Waals surface area contributed by atoms with Crippen molar-refractivity contribution in [1.82, 2.24) is 18.7 Å². The summed E-state index contributed by atoms with van der Waals surface area (Å²) < 4.78 is 7.27. The Morgan fingerprint density at radius 1 is 0.231 bits per heavy atom. The Morgan fingerprint density at radius 3 is 1.23 bits per heavy atom. The van der Waals surface area contributed by atoms with Gasteiger partial charge in [0.15, 0.2) is 0 Å². The number of hydrogen-bond acceptors (Lipinski definition) is 1. The molecule has 0 bridgehead atoms. The van der Waals surface area contributed by atoms with Crippen LogP contribution < -0.4 is 0 Å². The Bertz CT molecular complexity index is 4000. The van der Waals surface area contributed by atoms with E-state index in [1.807, 2.05) is 0 Å². The van der Waals surface area contributed by atoms with Crippen LogP contribution >= 0.6 is 0 Å². The molecular weight excluding hydrogens is 789 g/mol. The van der Waals surface area contributed by atoms with Crippen molar-refractivity contribution in [3.05, 3.63) is 231 Å². The molecule has 0 aliphatic heterocycles. The smallest absolute Gasteiger partial charge is 0.0788 e. The summed E-state index contributed by atoms with van der Waals surface area (Å²) in [4.78, 5) is 5.50. The average molecular weight is 827 g/mol. The van der Waals surface area contributed by atoms with Crippen LogP contribution in [0.3, 0.4) is 0 Å². The lowest BCUT2D eigenvalue weighted by Gasteiger charge is -2.17. The summed E-state index contributed by atoms with van der Waals surface area (Å²) in [6.07, 6.45) is 0. The fraction of sp³-hybridized carbons (Fsp3) is 0. The van der Waals surface area contributed by atoms with Crippen molar-refractivity contribution in [3.8, 4) is 39.4 Å². The molecule has 0 N–H and O–H groups in total. The van der Waals surface area contributed by atoms with Gasteiger partial charge in [0.25, 0.3) is 0 Å². The number of nitrogens with zero attached hydrogens (tertiary/aromatic N) is 4. The molecule has 0 spiro atoms. The van der Waals surface area contributed by atoms with Crippen LogP contribution in [0.25, 0.3) is 127 Å². The Balaban J connectivity index is 1.04. The molecular formula is C61H38N4. The van der Waals surface area contributed by atoms with Gasteiger partial charge in [-0.1, -0.05) is 146 Å². The van der Waals surface area contributed by atoms with Crippen LogP contribution in [-0.4, -0.2) is 18.7 Å². The first kappa shape index (κ1) is 35.8. The normalized spacial score (nSPS) is 12.0. The van der Waals surface area contributed by atoms with Gasteiger partial charge in [-0.25, -0.2) is 4.98 Å². The standard InChI is InChI=1S/C61H38N4/c1-2-19-42(20-3-1)63-59-32-15-9-26-50(59)52-37-53-51(38-60(52)63)45-21-4-10-27-54(45)62-61(53)40-18-16-17-39(33-40)41-34-43(64-55-28-11-5-22-46(55)47-23-6-12-29-56(47)64)36-44(35-41)65-57-30-13-7-24-48(57)49-25-8-14-31-58(49)65/h1-38H. The molecule has 0 aliphatic carbocycles. The van der Waals surface area contributed by atoms with E-state index in [2.05, 4.69) is 244 Å². The van der Waals surface area contributed by atoms with Crippen LogP contribution in [0, 0.1) is 0 Å². The summed E-state index contributed by atoms with van der Waals surface area (Å²) in [5.74, 6) is 0. The number of hydrogen-bond donors (Lipinski definition) is 0. The minimum absolute atomic E-state index is 0.972. The van der Waals surface area contributed by atoms with Gasteiger partial charge in [-0.15, -0.1) is 0 Å². The zero-order valence-corrected chi connectivity index (χ0v) is 35.2. The monoisotopic (exact) mass is 826 g/mol. The summed E-state index contributed by atoms with van der Waals surface area (Å²) in [6.45, 7) is 0. The van der Waals surface area contributed by atoms with Crippen LogP contribution in [0.2, 0.25) is 0 Å². The zero-order chi connectivity index (χ0) is 42.6. The second-order valence-electron chi connectivity index (χ2n) is 17.1. The average Bonchev–Trinajstić information content (AvgIpc) is 4.01. The molecule has 14 rings (SSSR count). The van der Waals surface area contributed by atoms with Crippen molar-refractivity contribution < 1.29 is 0 Å². The van der Waals surface area contributed by atoms with Gasteiger partial charge in [-0.05, 0) is 101 Å². The maximum atomic E-state index is 5.50. The number of rotatable bonds is 5. The molecule has 0 fully saturated rings. The molecule has 10 aromatic carbocycles. The molecule has 0 saturated carbocycles. The molecule has 4 nitrogen and oxygen atoms in total. The molecule has 4 heterocycles. The Labute approximate surface area is 374 Å². The number of pyridine rings is 1. The molecule has 14 aromatic rings. The number of fused-ring (bicyclic) bond motifs is 12. The van der Waals surface area contributed by atoms with E-state index >= 15 is 0 Å². The second-order valence-corrected chi connectivity index (χ2v) is 17.1. The van der Waals surface area contributed by atoms with Crippen molar-refractivity contribution >= 4 is 87.1 Å². The first-order valence-electron chi connectivity index (χ1n) is 22.3. The van der Waals surface area contributed by atoms with Gasteiger partial charge < -0.3 is 13.7 Å². The van der Waals surface area contributed by atoms with Gasteiger partial charge >= 0.3 is 0 Å². The third-order valence-corrected chi connectivity index (χ3v) is 13.6. The van der Waals surface area contributed by atoms with Crippen LogP contribution in [0.5, 0.6) is 0 Å². The van der Waals surface area contributed by atoms with Crippen LogP contribution in [-0.2, 0) is 0 Å². The number of para-hydroxylation sites is 7. The largest absolute Gasteiger partial charge is 0.309 e. The molecule has 4 aromatic heterocycles. The molecule has 0 radical (unpaired) electrons. The van der Waals surface area contributed by atoms with Gasteiger partial charge in [0.2, 0.25) is 0 Å². The summed E-state index contributed by atoms with van der Waals surface area (Å²) in [5.41, 5.74) is 15.7. The van der Waals surface area contributed by atoms with Crippen molar-refractivity contribution in [3.63, 3.8) is 0 Å². The summed E-state index contributed by atoms with van der Waals surface area (Å²) in [6, 6.07) is 84.0. The molecule has 4 heteroatoms. The molecule has 0 amide bonds.